The van der Waals surface area contributed by atoms with E-state index in [0.29, 0.717) is 18.6 Å². The third-order valence-electron chi connectivity index (χ3n) is 3.80. The Labute approximate surface area is 127 Å². The molecule has 4 nitrogen and oxygen atoms in total. The van der Waals surface area contributed by atoms with Crippen LogP contribution >= 0.6 is 0 Å². The van der Waals surface area contributed by atoms with Crippen molar-refractivity contribution in [3.63, 3.8) is 0 Å². The van der Waals surface area contributed by atoms with Crippen LogP contribution in [0.15, 0.2) is 30.3 Å². The molecular weight excluding hydrogens is 264 g/mol. The summed E-state index contributed by atoms with van der Waals surface area (Å²) in [6.45, 7) is 7.23. The van der Waals surface area contributed by atoms with E-state index in [9.17, 15) is 4.79 Å². The van der Waals surface area contributed by atoms with Crippen LogP contribution in [0.3, 0.4) is 0 Å². The highest BCUT2D eigenvalue weighted by molar-refractivity contribution is 5.67. The highest BCUT2D eigenvalue weighted by Crippen LogP contribution is 2.17. The second-order valence-corrected chi connectivity index (χ2v) is 6.06. The molecule has 4 heteroatoms. The number of amides is 1. The molecule has 1 amide bonds. The molecule has 1 aromatic carbocycles. The number of carbonyl (C=O) groups is 1. The summed E-state index contributed by atoms with van der Waals surface area (Å²) in [5, 5.41) is 3.45. The average molecular weight is 290 g/mol. The average Bonchev–Trinajstić information content (AvgIpc) is 2.52. The minimum absolute atomic E-state index is 0.187. The minimum Gasteiger partial charge on any atom is -0.445 e. The molecule has 0 saturated carbocycles. The van der Waals surface area contributed by atoms with E-state index in [2.05, 4.69) is 19.2 Å². The number of ether oxygens (including phenoxy) is 1. The predicted octanol–water partition coefficient (Wildman–Crippen LogP) is 3.03. The fraction of sp³-hybridized carbons (Fsp3) is 0.588. The molecule has 0 spiro atoms. The first-order chi connectivity index (χ1) is 10.1. The Bertz CT molecular complexity index is 434. The van der Waals surface area contributed by atoms with Gasteiger partial charge in [-0.2, -0.15) is 0 Å². The molecule has 1 aliphatic rings. The van der Waals surface area contributed by atoms with Gasteiger partial charge in [-0.15, -0.1) is 0 Å². The Kier molecular flexibility index (Phi) is 6.05. The maximum absolute atomic E-state index is 12.1. The molecule has 0 aliphatic carbocycles. The SMILES string of the molecule is CC(C)NC[C@@H]1CCCN(C(=O)OCc2ccccc2)C1. The van der Waals surface area contributed by atoms with Crippen LogP contribution in [0.2, 0.25) is 0 Å². The lowest BCUT2D eigenvalue weighted by atomic mass is 9.98. The lowest BCUT2D eigenvalue weighted by molar-refractivity contribution is 0.0788. The molecule has 0 unspecified atom stereocenters. The van der Waals surface area contributed by atoms with E-state index in [0.717, 1.165) is 31.6 Å². The van der Waals surface area contributed by atoms with Gasteiger partial charge in [0.1, 0.15) is 6.61 Å². The van der Waals surface area contributed by atoms with E-state index in [1.807, 2.05) is 35.2 Å². The molecule has 0 radical (unpaired) electrons. The van der Waals surface area contributed by atoms with Gasteiger partial charge in [0, 0.05) is 19.1 Å². The lowest BCUT2D eigenvalue weighted by Gasteiger charge is -2.32. The number of nitrogens with one attached hydrogen (secondary N) is 1. The number of benzene rings is 1. The van der Waals surface area contributed by atoms with Crippen LogP contribution in [0.25, 0.3) is 0 Å². The van der Waals surface area contributed by atoms with Crippen LogP contribution in [0.5, 0.6) is 0 Å². The maximum Gasteiger partial charge on any atom is 0.410 e. The van der Waals surface area contributed by atoms with E-state index in [1.54, 1.807) is 0 Å². The number of likely N-dealkylation sites (tertiary alicyclic amines) is 1. The summed E-state index contributed by atoms with van der Waals surface area (Å²) in [6, 6.07) is 10.3. The van der Waals surface area contributed by atoms with E-state index in [-0.39, 0.29) is 6.09 Å². The van der Waals surface area contributed by atoms with Crippen LogP contribution in [-0.4, -0.2) is 36.7 Å². The first-order valence-corrected chi connectivity index (χ1v) is 7.84. The molecule has 0 aromatic heterocycles. The van der Waals surface area contributed by atoms with Crippen molar-refractivity contribution in [1.29, 1.82) is 0 Å². The molecule has 1 atom stereocenters. The first-order valence-electron chi connectivity index (χ1n) is 7.84. The van der Waals surface area contributed by atoms with Crippen molar-refractivity contribution in [3.8, 4) is 0 Å². The third-order valence-corrected chi connectivity index (χ3v) is 3.80. The Morgan fingerprint density at radius 1 is 1.38 bits per heavy atom. The lowest BCUT2D eigenvalue weighted by Crippen LogP contribution is -2.43. The zero-order chi connectivity index (χ0) is 15.1. The van der Waals surface area contributed by atoms with Gasteiger partial charge in [0.2, 0.25) is 0 Å². The Morgan fingerprint density at radius 2 is 2.14 bits per heavy atom. The zero-order valence-corrected chi connectivity index (χ0v) is 13.0. The molecule has 1 N–H and O–H groups in total. The summed E-state index contributed by atoms with van der Waals surface area (Å²) in [4.78, 5) is 14.0. The number of hydrogen-bond acceptors (Lipinski definition) is 3. The predicted molar refractivity (Wildman–Crippen MR) is 84.1 cm³/mol. The minimum atomic E-state index is -0.187. The van der Waals surface area contributed by atoms with E-state index in [1.165, 1.54) is 6.42 Å². The van der Waals surface area contributed by atoms with Gasteiger partial charge in [0.25, 0.3) is 0 Å². The smallest absolute Gasteiger partial charge is 0.410 e. The van der Waals surface area contributed by atoms with Gasteiger partial charge in [0.15, 0.2) is 0 Å². The van der Waals surface area contributed by atoms with Crippen LogP contribution in [0.4, 0.5) is 4.79 Å². The number of piperidine rings is 1. The largest absolute Gasteiger partial charge is 0.445 e. The standard InChI is InChI=1S/C17H26N2O2/c1-14(2)18-11-16-9-6-10-19(12-16)17(20)21-13-15-7-4-3-5-8-15/h3-5,7-8,14,16,18H,6,9-13H2,1-2H3/t16-/m0/s1. The van der Waals surface area contributed by atoms with Gasteiger partial charge in [-0.1, -0.05) is 44.2 Å². The van der Waals surface area contributed by atoms with Gasteiger partial charge in [-0.3, -0.25) is 0 Å². The molecular formula is C17H26N2O2. The number of carbonyl (C=O) groups excluding carboxylic acids is 1. The van der Waals surface area contributed by atoms with Gasteiger partial charge in [0.05, 0.1) is 0 Å². The Hall–Kier alpha value is -1.55. The fourth-order valence-corrected chi connectivity index (χ4v) is 2.61. The van der Waals surface area contributed by atoms with E-state index >= 15 is 0 Å². The summed E-state index contributed by atoms with van der Waals surface area (Å²) in [5.41, 5.74) is 1.03. The molecule has 1 heterocycles. The normalized spacial score (nSPS) is 18.8. The van der Waals surface area contributed by atoms with Crippen LogP contribution in [0.1, 0.15) is 32.3 Å². The van der Waals surface area contributed by atoms with Gasteiger partial charge in [-0.25, -0.2) is 4.79 Å². The monoisotopic (exact) mass is 290 g/mol. The second kappa shape index (κ2) is 8.03. The molecule has 116 valence electrons. The summed E-state index contributed by atoms with van der Waals surface area (Å²) in [6.07, 6.45) is 2.06. The maximum atomic E-state index is 12.1. The van der Waals surface area contributed by atoms with Crippen molar-refractivity contribution < 1.29 is 9.53 Å². The molecule has 1 fully saturated rings. The van der Waals surface area contributed by atoms with Gasteiger partial charge in [-0.05, 0) is 30.9 Å². The highest BCUT2D eigenvalue weighted by atomic mass is 16.6. The van der Waals surface area contributed by atoms with Crippen molar-refractivity contribution in [2.45, 2.75) is 39.3 Å². The van der Waals surface area contributed by atoms with E-state index in [4.69, 9.17) is 4.74 Å². The molecule has 1 aromatic rings. The number of rotatable bonds is 5. The van der Waals surface area contributed by atoms with Gasteiger partial charge < -0.3 is 15.0 Å². The number of hydrogen-bond donors (Lipinski definition) is 1. The van der Waals surface area contributed by atoms with Crippen LogP contribution in [0, 0.1) is 5.92 Å². The quantitative estimate of drug-likeness (QED) is 0.906. The highest BCUT2D eigenvalue weighted by Gasteiger charge is 2.24. The third kappa shape index (κ3) is 5.38. The molecule has 1 saturated heterocycles. The Balaban J connectivity index is 1.76. The molecule has 1 aliphatic heterocycles. The first kappa shape index (κ1) is 15.8. The Morgan fingerprint density at radius 3 is 2.86 bits per heavy atom. The van der Waals surface area contributed by atoms with Crippen molar-refractivity contribution in [3.05, 3.63) is 35.9 Å². The molecule has 0 bridgehead atoms. The summed E-state index contributed by atoms with van der Waals surface area (Å²) < 4.78 is 5.41. The van der Waals surface area contributed by atoms with Crippen molar-refractivity contribution in [2.24, 2.45) is 5.92 Å². The summed E-state index contributed by atoms with van der Waals surface area (Å²) in [5.74, 6) is 0.533. The second-order valence-electron chi connectivity index (χ2n) is 6.06. The zero-order valence-electron chi connectivity index (χ0n) is 13.0. The topological polar surface area (TPSA) is 41.6 Å². The molecule has 21 heavy (non-hydrogen) atoms. The number of nitrogens with zero attached hydrogens (tertiary/aromatic N) is 1. The van der Waals surface area contributed by atoms with Crippen LogP contribution < -0.4 is 5.32 Å². The van der Waals surface area contributed by atoms with Gasteiger partial charge >= 0.3 is 6.09 Å². The summed E-state index contributed by atoms with van der Waals surface area (Å²) >= 11 is 0. The fourth-order valence-electron chi connectivity index (χ4n) is 2.61. The van der Waals surface area contributed by atoms with Crippen molar-refractivity contribution in [1.82, 2.24) is 10.2 Å². The van der Waals surface area contributed by atoms with Crippen molar-refractivity contribution in [2.75, 3.05) is 19.6 Å². The van der Waals surface area contributed by atoms with E-state index < -0.39 is 0 Å². The molecule has 2 rings (SSSR count). The summed E-state index contributed by atoms with van der Waals surface area (Å²) in [7, 11) is 0. The van der Waals surface area contributed by atoms with Crippen LogP contribution in [-0.2, 0) is 11.3 Å². The van der Waals surface area contributed by atoms with Crippen molar-refractivity contribution >= 4 is 6.09 Å².